The summed E-state index contributed by atoms with van der Waals surface area (Å²) in [7, 11) is 6.31. The van der Waals surface area contributed by atoms with Crippen molar-refractivity contribution < 1.29 is 59.8 Å². The number of benzene rings is 4. The molecule has 9 heteroatoms. The number of ether oxygens (including phenoxy) is 4. The third kappa shape index (κ3) is 10.2. The van der Waals surface area contributed by atoms with Gasteiger partial charge in [-0.15, -0.1) is 0 Å². The van der Waals surface area contributed by atoms with E-state index in [9.17, 15) is 19.2 Å². The molecule has 8 nitrogen and oxygen atoms in total. The monoisotopic (exact) mass is 618 g/mol. The van der Waals surface area contributed by atoms with E-state index < -0.39 is 0 Å². The molecule has 0 spiro atoms. The van der Waals surface area contributed by atoms with Gasteiger partial charge < -0.3 is 18.9 Å². The smallest absolute Gasteiger partial charge is 0.461 e. The fourth-order valence-corrected chi connectivity index (χ4v) is 3.64. The van der Waals surface area contributed by atoms with Crippen molar-refractivity contribution in [2.75, 3.05) is 28.4 Å². The van der Waals surface area contributed by atoms with Gasteiger partial charge in [-0.25, -0.2) is 19.2 Å². The first kappa shape index (κ1) is 34.4. The molecule has 4 N–H and O–H groups in total. The van der Waals surface area contributed by atoms with Gasteiger partial charge in [0.1, 0.15) is 23.0 Å². The van der Waals surface area contributed by atoms with Gasteiger partial charge in [0.25, 0.3) is 12.8 Å². The molecule has 0 aromatic heterocycles. The van der Waals surface area contributed by atoms with Gasteiger partial charge in [0.15, 0.2) is 22.3 Å². The third-order valence-electron chi connectivity index (χ3n) is 6.09. The van der Waals surface area contributed by atoms with E-state index in [2.05, 4.69) is 0 Å². The van der Waals surface area contributed by atoms with Gasteiger partial charge >= 0.3 is 23.1 Å². The van der Waals surface area contributed by atoms with Crippen molar-refractivity contribution in [3.8, 4) is 23.0 Å². The van der Waals surface area contributed by atoms with Gasteiger partial charge in [-0.3, -0.25) is 0 Å². The molecule has 0 aliphatic rings. The minimum Gasteiger partial charge on any atom is -0.497 e. The standard InChI is InChI=1S/2C17H15O4.Ti/c2*1-20-14-7-3-12(4-8-14)16(18)11-17(19)13-5-9-15(21-2)10-6-13;/h2*3-11H,1-2H3;/q2*+1;/p+4. The maximum absolute atomic E-state index is 10.0. The van der Waals surface area contributed by atoms with Crippen LogP contribution in [0.5, 0.6) is 23.0 Å². The molecule has 4 aromatic rings. The van der Waals surface area contributed by atoms with E-state index in [4.69, 9.17) is 18.9 Å². The molecule has 0 heterocycles. The fourth-order valence-electron chi connectivity index (χ4n) is 3.64. The number of hydrogen-bond acceptors (Lipinski definition) is 4. The van der Waals surface area contributed by atoms with Crippen LogP contribution in [-0.4, -0.2) is 70.8 Å². The SMILES string of the molecule is COc1ccc(C(=[OH+])[CH+]C(=[OH+])c2ccc(OC)cc2)cc1.COc1ccc(C(=[OH+])[CH+]C(=[OH+])c2ccc(OC)cc2)cc1.[Ti]. The summed E-state index contributed by atoms with van der Waals surface area (Å²) in [5.74, 6) is 2.73. The summed E-state index contributed by atoms with van der Waals surface area (Å²) >= 11 is 0. The van der Waals surface area contributed by atoms with Crippen LogP contribution in [-0.2, 0) is 21.7 Å². The number of hydrogen-bond donors (Lipinski definition) is 0. The summed E-state index contributed by atoms with van der Waals surface area (Å²) in [5, 5.41) is 0. The molecular formula is C34H34O8Ti+6. The van der Waals surface area contributed by atoms with Crippen LogP contribution < -0.4 is 18.9 Å². The Labute approximate surface area is 265 Å². The van der Waals surface area contributed by atoms with Crippen molar-refractivity contribution in [3.05, 3.63) is 132 Å². The summed E-state index contributed by atoms with van der Waals surface area (Å²) in [6, 6.07) is 27.6. The molecular weight excluding hydrogens is 584 g/mol. The molecule has 0 radical (unpaired) electrons. The molecule has 0 aliphatic carbocycles. The average molecular weight is 619 g/mol. The number of methoxy groups -OCH3 is 4. The van der Waals surface area contributed by atoms with Crippen molar-refractivity contribution in [3.63, 3.8) is 0 Å². The summed E-state index contributed by atoms with van der Waals surface area (Å²) in [4.78, 5) is 40.1. The Morgan fingerprint density at radius 2 is 0.535 bits per heavy atom. The van der Waals surface area contributed by atoms with Crippen LogP contribution in [0.1, 0.15) is 22.3 Å². The Hall–Kier alpha value is -4.79. The summed E-state index contributed by atoms with van der Waals surface area (Å²) in [5.41, 5.74) is 2.37. The first-order valence-corrected chi connectivity index (χ1v) is 12.8. The summed E-state index contributed by atoms with van der Waals surface area (Å²) < 4.78 is 20.2. The minimum absolute atomic E-state index is 0. The van der Waals surface area contributed by atoms with Crippen molar-refractivity contribution in [1.82, 2.24) is 0 Å². The van der Waals surface area contributed by atoms with E-state index in [0.29, 0.717) is 45.3 Å². The molecule has 0 amide bonds. The minimum atomic E-state index is -0.0222. The molecule has 4 aromatic carbocycles. The van der Waals surface area contributed by atoms with E-state index in [1.807, 2.05) is 0 Å². The predicted octanol–water partition coefficient (Wildman–Crippen LogP) is 4.79. The van der Waals surface area contributed by atoms with Crippen molar-refractivity contribution in [2.24, 2.45) is 0 Å². The molecule has 216 valence electrons. The molecule has 0 saturated heterocycles. The Balaban J connectivity index is 0.000000293. The van der Waals surface area contributed by atoms with E-state index in [1.54, 1.807) is 126 Å². The predicted molar refractivity (Wildman–Crippen MR) is 165 cm³/mol. The zero-order valence-corrected chi connectivity index (χ0v) is 25.9. The second kappa shape index (κ2) is 17.2. The topological polar surface area (TPSA) is 123 Å². The van der Waals surface area contributed by atoms with Crippen LogP contribution in [0.4, 0.5) is 0 Å². The Morgan fingerprint density at radius 1 is 0.372 bits per heavy atom. The Kier molecular flexibility index (Phi) is 13.8. The number of ketones is 4. The molecule has 0 atom stereocenters. The molecule has 43 heavy (non-hydrogen) atoms. The van der Waals surface area contributed by atoms with E-state index in [-0.39, 0.29) is 44.9 Å². The van der Waals surface area contributed by atoms with E-state index in [1.165, 1.54) is 12.8 Å². The van der Waals surface area contributed by atoms with Gasteiger partial charge in [-0.05, 0) is 48.5 Å². The average Bonchev–Trinajstić information content (AvgIpc) is 3.05. The second-order valence-electron chi connectivity index (χ2n) is 8.74. The van der Waals surface area contributed by atoms with Crippen LogP contribution in [0.2, 0.25) is 0 Å². The zero-order chi connectivity index (χ0) is 30.5. The second-order valence-corrected chi connectivity index (χ2v) is 8.74. The van der Waals surface area contributed by atoms with Crippen LogP contribution in [0.25, 0.3) is 0 Å². The van der Waals surface area contributed by atoms with Crippen LogP contribution in [0.15, 0.2) is 97.1 Å². The van der Waals surface area contributed by atoms with Crippen molar-refractivity contribution in [2.45, 2.75) is 0 Å². The van der Waals surface area contributed by atoms with E-state index >= 15 is 0 Å². The third-order valence-corrected chi connectivity index (χ3v) is 6.09. The summed E-state index contributed by atoms with van der Waals surface area (Å²) in [6.45, 7) is 0. The molecule has 4 rings (SSSR count). The van der Waals surface area contributed by atoms with E-state index in [0.717, 1.165) is 0 Å². The molecule has 0 saturated carbocycles. The van der Waals surface area contributed by atoms with Gasteiger partial charge in [-0.1, -0.05) is 0 Å². The normalized spacial score (nSPS) is 9.58. The maximum atomic E-state index is 10.0. The molecule has 0 unspecified atom stereocenters. The largest absolute Gasteiger partial charge is 0.497 e. The molecule has 0 bridgehead atoms. The van der Waals surface area contributed by atoms with Gasteiger partial charge in [0, 0.05) is 70.2 Å². The number of carbonyl (C=O) groups excluding carboxylic acids is 4. The fraction of sp³-hybridized carbons (Fsp3) is 0.118. The maximum Gasteiger partial charge on any atom is 0.461 e. The zero-order valence-electron chi connectivity index (χ0n) is 24.3. The first-order chi connectivity index (χ1) is 20.3. The molecule has 0 fully saturated rings. The Bertz CT molecular complexity index is 1260. The first-order valence-electron chi connectivity index (χ1n) is 12.8. The van der Waals surface area contributed by atoms with Crippen LogP contribution in [0.3, 0.4) is 0 Å². The van der Waals surface area contributed by atoms with Gasteiger partial charge in [-0.2, -0.15) is 0 Å². The van der Waals surface area contributed by atoms with Gasteiger partial charge in [0.05, 0.1) is 28.4 Å². The number of rotatable bonds is 12. The van der Waals surface area contributed by atoms with Crippen molar-refractivity contribution in [1.29, 1.82) is 0 Å². The quantitative estimate of drug-likeness (QED) is 0.0745. The van der Waals surface area contributed by atoms with Crippen LogP contribution >= 0.6 is 0 Å². The summed E-state index contributed by atoms with van der Waals surface area (Å²) in [6.07, 6.45) is 2.62. The Morgan fingerprint density at radius 3 is 0.674 bits per heavy atom. The van der Waals surface area contributed by atoms with Crippen molar-refractivity contribution >= 4 is 23.1 Å². The molecule has 0 aliphatic heterocycles. The van der Waals surface area contributed by atoms with Crippen LogP contribution in [0, 0.1) is 12.8 Å². The van der Waals surface area contributed by atoms with Gasteiger partial charge in [0.2, 0.25) is 0 Å².